The van der Waals surface area contributed by atoms with Crippen LogP contribution in [0.1, 0.15) is 40.2 Å². The van der Waals surface area contributed by atoms with Crippen LogP contribution in [-0.4, -0.2) is 32.8 Å². The van der Waals surface area contributed by atoms with E-state index in [0.717, 1.165) is 17.8 Å². The number of aryl methyl sites for hydroxylation is 3. The fourth-order valence-electron chi connectivity index (χ4n) is 2.09. The lowest BCUT2D eigenvalue weighted by Crippen LogP contribution is -2.27. The van der Waals surface area contributed by atoms with Crippen LogP contribution in [0, 0.1) is 13.8 Å². The van der Waals surface area contributed by atoms with Gasteiger partial charge in [-0.15, -0.1) is 0 Å². The summed E-state index contributed by atoms with van der Waals surface area (Å²) < 4.78 is 0. The Hall–Kier alpha value is -2.30. The molecule has 0 aliphatic carbocycles. The Kier molecular flexibility index (Phi) is 4.62. The summed E-state index contributed by atoms with van der Waals surface area (Å²) in [6.07, 6.45) is 2.81. The van der Waals surface area contributed by atoms with Crippen molar-refractivity contribution in [3.8, 4) is 0 Å². The Morgan fingerprint density at radius 3 is 2.57 bits per heavy atom. The molecule has 0 atom stereocenters. The molecule has 2 heterocycles. The van der Waals surface area contributed by atoms with Crippen LogP contribution in [0.2, 0.25) is 0 Å². The quantitative estimate of drug-likeness (QED) is 0.864. The maximum atomic E-state index is 12.4. The summed E-state index contributed by atoms with van der Waals surface area (Å²) >= 11 is 0. The molecule has 1 amide bonds. The third-order valence-electron chi connectivity index (χ3n) is 3.23. The standard InChI is InChI=1S/C16H20N4O/c1-5-13-6-7-14(17-9-13)10-20(4)16(21)15-8-11(2)18-12(3)19-15/h6-9H,5,10H2,1-4H3. The molecule has 5 nitrogen and oxygen atoms in total. The van der Waals surface area contributed by atoms with Gasteiger partial charge in [0.15, 0.2) is 0 Å². The van der Waals surface area contributed by atoms with Crippen molar-refractivity contribution in [3.63, 3.8) is 0 Å². The summed E-state index contributed by atoms with van der Waals surface area (Å²) in [6.45, 7) is 6.20. The Morgan fingerprint density at radius 1 is 1.24 bits per heavy atom. The monoisotopic (exact) mass is 284 g/mol. The van der Waals surface area contributed by atoms with Gasteiger partial charge >= 0.3 is 0 Å². The molecule has 0 aliphatic heterocycles. The number of nitrogens with zero attached hydrogens (tertiary/aromatic N) is 4. The van der Waals surface area contributed by atoms with Crippen molar-refractivity contribution >= 4 is 5.91 Å². The van der Waals surface area contributed by atoms with Crippen LogP contribution in [0.3, 0.4) is 0 Å². The summed E-state index contributed by atoms with van der Waals surface area (Å²) in [5.74, 6) is 0.488. The molecule has 0 saturated heterocycles. The maximum Gasteiger partial charge on any atom is 0.272 e. The highest BCUT2D eigenvalue weighted by Gasteiger charge is 2.15. The van der Waals surface area contributed by atoms with Gasteiger partial charge in [-0.25, -0.2) is 9.97 Å². The van der Waals surface area contributed by atoms with Crippen LogP contribution in [0.4, 0.5) is 0 Å². The van der Waals surface area contributed by atoms with E-state index in [9.17, 15) is 4.79 Å². The molecule has 0 saturated carbocycles. The van der Waals surface area contributed by atoms with Gasteiger partial charge in [0.1, 0.15) is 11.5 Å². The summed E-state index contributed by atoms with van der Waals surface area (Å²) in [7, 11) is 1.75. The summed E-state index contributed by atoms with van der Waals surface area (Å²) in [5.41, 5.74) is 3.28. The number of hydrogen-bond donors (Lipinski definition) is 0. The first-order valence-corrected chi connectivity index (χ1v) is 7.01. The minimum Gasteiger partial charge on any atom is -0.334 e. The molecule has 0 spiro atoms. The fraction of sp³-hybridized carbons (Fsp3) is 0.375. The highest BCUT2D eigenvalue weighted by atomic mass is 16.2. The molecule has 0 unspecified atom stereocenters. The summed E-state index contributed by atoms with van der Waals surface area (Å²) in [6, 6.07) is 5.71. The second-order valence-electron chi connectivity index (χ2n) is 5.11. The number of amides is 1. The number of carbonyl (C=O) groups is 1. The number of carbonyl (C=O) groups excluding carboxylic acids is 1. The molecule has 5 heteroatoms. The second-order valence-corrected chi connectivity index (χ2v) is 5.11. The Bertz CT molecular complexity index is 617. The van der Waals surface area contributed by atoms with Crippen molar-refractivity contribution in [2.24, 2.45) is 0 Å². The first-order chi connectivity index (χ1) is 9.99. The second kappa shape index (κ2) is 6.43. The molecule has 21 heavy (non-hydrogen) atoms. The van der Waals surface area contributed by atoms with Crippen LogP contribution in [0.15, 0.2) is 24.4 Å². The predicted molar refractivity (Wildman–Crippen MR) is 80.9 cm³/mol. The van der Waals surface area contributed by atoms with Crippen molar-refractivity contribution in [3.05, 3.63) is 52.9 Å². The number of aromatic nitrogens is 3. The van der Waals surface area contributed by atoms with Gasteiger partial charge in [0, 0.05) is 18.9 Å². The van der Waals surface area contributed by atoms with E-state index in [1.807, 2.05) is 25.3 Å². The molecule has 0 aliphatic rings. The third kappa shape index (κ3) is 3.84. The van der Waals surface area contributed by atoms with Crippen LogP contribution in [0.5, 0.6) is 0 Å². The Balaban J connectivity index is 2.11. The minimum atomic E-state index is -0.120. The Morgan fingerprint density at radius 2 is 2.00 bits per heavy atom. The molecule has 0 radical (unpaired) electrons. The summed E-state index contributed by atoms with van der Waals surface area (Å²) in [5, 5.41) is 0. The SMILES string of the molecule is CCc1ccc(CN(C)C(=O)c2cc(C)nc(C)n2)nc1. The van der Waals surface area contributed by atoms with E-state index < -0.39 is 0 Å². The van der Waals surface area contributed by atoms with E-state index in [1.165, 1.54) is 5.56 Å². The topological polar surface area (TPSA) is 59.0 Å². The molecule has 2 rings (SSSR count). The largest absolute Gasteiger partial charge is 0.334 e. The van der Waals surface area contributed by atoms with Gasteiger partial charge in [0.2, 0.25) is 0 Å². The molecular formula is C16H20N4O. The first kappa shape index (κ1) is 15.1. The lowest BCUT2D eigenvalue weighted by molar-refractivity contribution is 0.0777. The smallest absolute Gasteiger partial charge is 0.272 e. The van der Waals surface area contributed by atoms with Crippen molar-refractivity contribution in [2.45, 2.75) is 33.7 Å². The minimum absolute atomic E-state index is 0.120. The highest BCUT2D eigenvalue weighted by molar-refractivity contribution is 5.92. The van der Waals surface area contributed by atoms with E-state index in [-0.39, 0.29) is 5.91 Å². The van der Waals surface area contributed by atoms with E-state index >= 15 is 0 Å². The summed E-state index contributed by atoms with van der Waals surface area (Å²) in [4.78, 5) is 26.8. The van der Waals surface area contributed by atoms with E-state index in [0.29, 0.717) is 18.1 Å². The van der Waals surface area contributed by atoms with Crippen LogP contribution < -0.4 is 0 Å². The van der Waals surface area contributed by atoms with E-state index in [2.05, 4.69) is 21.9 Å². The van der Waals surface area contributed by atoms with Gasteiger partial charge in [-0.1, -0.05) is 13.0 Å². The number of rotatable bonds is 4. The molecule has 0 N–H and O–H groups in total. The fourth-order valence-corrected chi connectivity index (χ4v) is 2.09. The lowest BCUT2D eigenvalue weighted by Gasteiger charge is -2.16. The molecule has 2 aromatic heterocycles. The molecular weight excluding hydrogens is 264 g/mol. The van der Waals surface area contributed by atoms with Gasteiger partial charge in [-0.05, 0) is 38.0 Å². The normalized spacial score (nSPS) is 10.5. The van der Waals surface area contributed by atoms with Crippen molar-refractivity contribution in [1.82, 2.24) is 19.9 Å². The van der Waals surface area contributed by atoms with Gasteiger partial charge in [0.25, 0.3) is 5.91 Å². The first-order valence-electron chi connectivity index (χ1n) is 7.01. The van der Waals surface area contributed by atoms with Gasteiger partial charge < -0.3 is 4.90 Å². The average molecular weight is 284 g/mol. The van der Waals surface area contributed by atoms with Crippen LogP contribution in [0.25, 0.3) is 0 Å². The number of hydrogen-bond acceptors (Lipinski definition) is 4. The zero-order chi connectivity index (χ0) is 15.4. The zero-order valence-corrected chi connectivity index (χ0v) is 12.9. The van der Waals surface area contributed by atoms with Crippen molar-refractivity contribution in [1.29, 1.82) is 0 Å². The molecule has 0 fully saturated rings. The highest BCUT2D eigenvalue weighted by Crippen LogP contribution is 2.08. The third-order valence-corrected chi connectivity index (χ3v) is 3.23. The van der Waals surface area contributed by atoms with Crippen molar-refractivity contribution < 1.29 is 4.79 Å². The average Bonchev–Trinajstić information content (AvgIpc) is 2.46. The van der Waals surface area contributed by atoms with Crippen molar-refractivity contribution in [2.75, 3.05) is 7.05 Å². The predicted octanol–water partition coefficient (Wildman–Crippen LogP) is 2.32. The molecule has 110 valence electrons. The maximum absolute atomic E-state index is 12.4. The molecule has 0 bridgehead atoms. The van der Waals surface area contributed by atoms with E-state index in [4.69, 9.17) is 0 Å². The van der Waals surface area contributed by atoms with Crippen LogP contribution in [-0.2, 0) is 13.0 Å². The van der Waals surface area contributed by atoms with Gasteiger partial charge in [-0.2, -0.15) is 0 Å². The lowest BCUT2D eigenvalue weighted by atomic mass is 10.2. The molecule has 2 aromatic rings. The molecule has 0 aromatic carbocycles. The Labute approximate surface area is 125 Å². The van der Waals surface area contributed by atoms with E-state index in [1.54, 1.807) is 24.9 Å². The zero-order valence-electron chi connectivity index (χ0n) is 12.9. The van der Waals surface area contributed by atoms with Gasteiger partial charge in [0.05, 0.1) is 12.2 Å². The van der Waals surface area contributed by atoms with Gasteiger partial charge in [-0.3, -0.25) is 9.78 Å². The van der Waals surface area contributed by atoms with Crippen LogP contribution >= 0.6 is 0 Å². The number of pyridine rings is 1.